The topological polar surface area (TPSA) is 24.7 Å². The first-order valence-electron chi connectivity index (χ1n) is 5.73. The highest BCUT2D eigenvalue weighted by molar-refractivity contribution is 5.84. The molecule has 0 saturated heterocycles. The molecule has 80 valence electrons. The highest BCUT2D eigenvalue weighted by Crippen LogP contribution is 2.26. The lowest BCUT2D eigenvalue weighted by atomic mass is 9.86. The van der Waals surface area contributed by atoms with E-state index in [1.807, 2.05) is 13.8 Å². The van der Waals surface area contributed by atoms with Crippen LogP contribution in [0.15, 0.2) is 10.2 Å². The molecular weight excluding hydrogens is 172 g/mol. The summed E-state index contributed by atoms with van der Waals surface area (Å²) in [5.41, 5.74) is 2.23. The lowest BCUT2D eigenvalue weighted by molar-refractivity contribution is 0.367. The van der Waals surface area contributed by atoms with Gasteiger partial charge in [-0.05, 0) is 33.1 Å². The molecule has 0 N–H and O–H groups in total. The van der Waals surface area contributed by atoms with Gasteiger partial charge in [-0.15, -0.1) is 0 Å². The monoisotopic (exact) mass is 194 g/mol. The van der Waals surface area contributed by atoms with Crippen molar-refractivity contribution in [1.29, 1.82) is 0 Å². The summed E-state index contributed by atoms with van der Waals surface area (Å²) >= 11 is 0. The molecular formula is C12H22N2. The first-order valence-corrected chi connectivity index (χ1v) is 5.73. The van der Waals surface area contributed by atoms with E-state index >= 15 is 0 Å². The molecule has 1 rings (SSSR count). The minimum atomic E-state index is 0.875. The van der Waals surface area contributed by atoms with Crippen LogP contribution in [0.2, 0.25) is 0 Å². The fourth-order valence-electron chi connectivity index (χ4n) is 2.04. The number of hydrogen-bond donors (Lipinski definition) is 0. The molecule has 1 saturated carbocycles. The van der Waals surface area contributed by atoms with Crippen molar-refractivity contribution in [2.45, 2.75) is 59.3 Å². The maximum absolute atomic E-state index is 4.22. The lowest BCUT2D eigenvalue weighted by Gasteiger charge is -2.20. The fraction of sp³-hybridized carbons (Fsp3) is 0.833. The van der Waals surface area contributed by atoms with Crippen LogP contribution in [0.25, 0.3) is 0 Å². The van der Waals surface area contributed by atoms with Crippen LogP contribution in [0.1, 0.15) is 59.3 Å². The summed E-state index contributed by atoms with van der Waals surface area (Å²) in [6, 6.07) is 0. The Morgan fingerprint density at radius 1 is 1.00 bits per heavy atom. The van der Waals surface area contributed by atoms with E-state index < -0.39 is 0 Å². The third-order valence-electron chi connectivity index (χ3n) is 2.73. The van der Waals surface area contributed by atoms with Crippen molar-refractivity contribution in [1.82, 2.24) is 0 Å². The second-order valence-electron chi connectivity index (χ2n) is 4.59. The second-order valence-corrected chi connectivity index (χ2v) is 4.59. The Morgan fingerprint density at radius 3 is 2.21 bits per heavy atom. The summed E-state index contributed by atoms with van der Waals surface area (Å²) in [5, 5.41) is 8.32. The molecule has 0 radical (unpaired) electrons. The zero-order valence-corrected chi connectivity index (χ0v) is 9.71. The van der Waals surface area contributed by atoms with Crippen molar-refractivity contribution in [3.8, 4) is 0 Å². The SMILES string of the molecule is CC(C)=N/N=C(\C)CC1CCCCC1. The Hall–Kier alpha value is -0.660. The zero-order valence-electron chi connectivity index (χ0n) is 9.71. The number of hydrogen-bond acceptors (Lipinski definition) is 2. The van der Waals surface area contributed by atoms with Gasteiger partial charge in [0.05, 0.1) is 0 Å². The Kier molecular flexibility index (Phi) is 4.85. The van der Waals surface area contributed by atoms with Gasteiger partial charge in [-0.1, -0.05) is 32.1 Å². The van der Waals surface area contributed by atoms with Crippen molar-refractivity contribution < 1.29 is 0 Å². The van der Waals surface area contributed by atoms with Crippen molar-refractivity contribution in [3.05, 3.63) is 0 Å². The normalized spacial score (nSPS) is 19.5. The largest absolute Gasteiger partial charge is 0.161 e. The molecule has 14 heavy (non-hydrogen) atoms. The number of nitrogens with zero attached hydrogens (tertiary/aromatic N) is 2. The molecule has 0 spiro atoms. The van der Waals surface area contributed by atoms with Gasteiger partial charge in [0.2, 0.25) is 0 Å². The third kappa shape index (κ3) is 4.54. The summed E-state index contributed by atoms with van der Waals surface area (Å²) in [6.45, 7) is 6.07. The molecule has 0 aliphatic heterocycles. The molecule has 0 atom stereocenters. The van der Waals surface area contributed by atoms with Crippen molar-refractivity contribution in [2.75, 3.05) is 0 Å². The van der Waals surface area contributed by atoms with Crippen LogP contribution in [-0.4, -0.2) is 11.4 Å². The van der Waals surface area contributed by atoms with Crippen LogP contribution >= 0.6 is 0 Å². The Balaban J connectivity index is 2.34. The Bertz CT molecular complexity index is 218. The van der Waals surface area contributed by atoms with Gasteiger partial charge in [0.15, 0.2) is 0 Å². The molecule has 0 heterocycles. The van der Waals surface area contributed by atoms with Crippen LogP contribution in [0.4, 0.5) is 0 Å². The van der Waals surface area contributed by atoms with Gasteiger partial charge < -0.3 is 0 Å². The molecule has 0 aromatic heterocycles. The minimum absolute atomic E-state index is 0.875. The fourth-order valence-corrected chi connectivity index (χ4v) is 2.04. The predicted molar refractivity (Wildman–Crippen MR) is 63.1 cm³/mol. The van der Waals surface area contributed by atoms with E-state index in [2.05, 4.69) is 17.1 Å². The van der Waals surface area contributed by atoms with E-state index in [0.29, 0.717) is 0 Å². The third-order valence-corrected chi connectivity index (χ3v) is 2.73. The van der Waals surface area contributed by atoms with E-state index in [1.54, 1.807) is 0 Å². The van der Waals surface area contributed by atoms with Crippen LogP contribution in [-0.2, 0) is 0 Å². The standard InChI is InChI=1S/C12H22N2/c1-10(2)13-14-11(3)9-12-7-5-4-6-8-12/h12H,4-9H2,1-3H3/b14-11+. The van der Waals surface area contributed by atoms with Crippen LogP contribution in [0.5, 0.6) is 0 Å². The maximum atomic E-state index is 4.22. The number of rotatable bonds is 3. The van der Waals surface area contributed by atoms with E-state index in [1.165, 1.54) is 37.8 Å². The van der Waals surface area contributed by atoms with Crippen LogP contribution in [0, 0.1) is 5.92 Å². The van der Waals surface area contributed by atoms with E-state index in [9.17, 15) is 0 Å². The maximum Gasteiger partial charge on any atom is 0.0377 e. The van der Waals surface area contributed by atoms with Gasteiger partial charge in [0, 0.05) is 11.4 Å². The molecule has 1 aliphatic carbocycles. The van der Waals surface area contributed by atoms with Crippen molar-refractivity contribution in [3.63, 3.8) is 0 Å². The molecule has 1 aliphatic rings. The van der Waals surface area contributed by atoms with Crippen LogP contribution < -0.4 is 0 Å². The highest BCUT2D eigenvalue weighted by atomic mass is 15.2. The van der Waals surface area contributed by atoms with Gasteiger partial charge in [0.25, 0.3) is 0 Å². The predicted octanol–water partition coefficient (Wildman–Crippen LogP) is 3.81. The average Bonchev–Trinajstić information content (AvgIpc) is 2.16. The summed E-state index contributed by atoms with van der Waals surface area (Å²) in [7, 11) is 0. The van der Waals surface area contributed by atoms with Crippen molar-refractivity contribution >= 4 is 11.4 Å². The smallest absolute Gasteiger partial charge is 0.0377 e. The molecule has 0 aromatic carbocycles. The highest BCUT2D eigenvalue weighted by Gasteiger charge is 2.13. The first kappa shape index (κ1) is 11.4. The summed E-state index contributed by atoms with van der Waals surface area (Å²) in [5.74, 6) is 0.875. The molecule has 2 heteroatoms. The van der Waals surface area contributed by atoms with Gasteiger partial charge in [-0.25, -0.2) is 0 Å². The van der Waals surface area contributed by atoms with Gasteiger partial charge >= 0.3 is 0 Å². The molecule has 0 aromatic rings. The summed E-state index contributed by atoms with van der Waals surface area (Å²) in [6.07, 6.45) is 8.18. The zero-order chi connectivity index (χ0) is 10.4. The first-order chi connectivity index (χ1) is 6.68. The summed E-state index contributed by atoms with van der Waals surface area (Å²) < 4.78 is 0. The lowest BCUT2D eigenvalue weighted by Crippen LogP contribution is -2.10. The Morgan fingerprint density at radius 2 is 1.64 bits per heavy atom. The van der Waals surface area contributed by atoms with E-state index in [-0.39, 0.29) is 0 Å². The minimum Gasteiger partial charge on any atom is -0.161 e. The molecule has 1 fully saturated rings. The van der Waals surface area contributed by atoms with E-state index in [4.69, 9.17) is 0 Å². The second kappa shape index (κ2) is 5.94. The van der Waals surface area contributed by atoms with Gasteiger partial charge in [0.1, 0.15) is 0 Å². The Labute approximate surface area is 87.5 Å². The van der Waals surface area contributed by atoms with Gasteiger partial charge in [-0.2, -0.15) is 10.2 Å². The molecule has 0 bridgehead atoms. The summed E-state index contributed by atoms with van der Waals surface area (Å²) in [4.78, 5) is 0. The molecule has 0 amide bonds. The quantitative estimate of drug-likeness (QED) is 0.482. The van der Waals surface area contributed by atoms with E-state index in [0.717, 1.165) is 18.1 Å². The van der Waals surface area contributed by atoms with Gasteiger partial charge in [-0.3, -0.25) is 0 Å². The average molecular weight is 194 g/mol. The van der Waals surface area contributed by atoms with Crippen molar-refractivity contribution in [2.24, 2.45) is 16.1 Å². The van der Waals surface area contributed by atoms with Crippen LogP contribution in [0.3, 0.4) is 0 Å². The molecule has 0 unspecified atom stereocenters. The molecule has 2 nitrogen and oxygen atoms in total.